The molecule has 0 bridgehead atoms. The average Bonchev–Trinajstić information content (AvgIpc) is 3.67. The maximum Gasteiger partial charge on any atom is 0.417 e. The van der Waals surface area contributed by atoms with Crippen LogP contribution < -0.4 is 5.56 Å². The molecule has 1 N–H and O–H groups in total. The number of amides is 1. The first kappa shape index (κ1) is 30.7. The summed E-state index contributed by atoms with van der Waals surface area (Å²) in [5.74, 6) is -0.556. The van der Waals surface area contributed by atoms with Crippen LogP contribution in [0, 0.1) is 6.92 Å². The van der Waals surface area contributed by atoms with Crippen LogP contribution in [0.2, 0.25) is 0 Å². The molecule has 1 amide bonds. The zero-order valence-electron chi connectivity index (χ0n) is 25.3. The van der Waals surface area contributed by atoms with Crippen LogP contribution >= 0.6 is 15.9 Å². The Morgan fingerprint density at radius 2 is 1.81 bits per heavy atom. The second-order valence-electron chi connectivity index (χ2n) is 11.7. The molecule has 3 aromatic heterocycles. The molecule has 0 aliphatic carbocycles. The van der Waals surface area contributed by atoms with Crippen molar-refractivity contribution in [2.24, 2.45) is 0 Å². The number of aromatic nitrogens is 5. The zero-order chi connectivity index (χ0) is 33.0. The number of alkyl halides is 3. The van der Waals surface area contributed by atoms with Crippen molar-refractivity contribution >= 4 is 27.5 Å². The quantitative estimate of drug-likeness (QED) is 0.207. The van der Waals surface area contributed by atoms with Crippen LogP contribution in [0.15, 0.2) is 94.6 Å². The van der Waals surface area contributed by atoms with Gasteiger partial charge < -0.3 is 9.88 Å². The van der Waals surface area contributed by atoms with Crippen LogP contribution in [0.1, 0.15) is 50.9 Å². The van der Waals surface area contributed by atoms with Crippen LogP contribution in [-0.2, 0) is 25.6 Å². The van der Waals surface area contributed by atoms with Gasteiger partial charge >= 0.3 is 6.18 Å². The standard InChI is InChI=1S/C35H28BrF3N6O2/c1-20-14-27-30(18-43(20)33(46)24-10-13-29(36)28(16-24)35(37,38)39)45-32(25(17-42-45)15-22-6-4-3-5-7-22)44(34(27)47)26-11-8-23(9-12-26)31-21(2)40-19-41-31/h3-13,16-17,19-20H,14-15,18H2,1-2H3,(H,40,41)/t20-/m1/s1. The number of carbonyl (C=O) groups is 1. The lowest BCUT2D eigenvalue weighted by molar-refractivity contribution is -0.138. The molecular formula is C35H28BrF3N6O2. The number of nitrogens with one attached hydrogen (secondary N) is 1. The number of hydrogen-bond donors (Lipinski definition) is 1. The molecule has 0 fully saturated rings. The number of H-pyrrole nitrogens is 1. The highest BCUT2D eigenvalue weighted by Gasteiger charge is 2.36. The second-order valence-corrected chi connectivity index (χ2v) is 12.6. The lowest BCUT2D eigenvalue weighted by Gasteiger charge is -2.35. The molecule has 0 spiro atoms. The van der Waals surface area contributed by atoms with Crippen LogP contribution in [0.4, 0.5) is 13.2 Å². The molecule has 1 aliphatic heterocycles. The number of nitrogens with zero attached hydrogens (tertiary/aromatic N) is 5. The Labute approximate surface area is 275 Å². The van der Waals surface area contributed by atoms with Crippen LogP contribution in [0.25, 0.3) is 22.6 Å². The van der Waals surface area contributed by atoms with Crippen LogP contribution in [-0.4, -0.2) is 41.0 Å². The first-order chi connectivity index (χ1) is 22.5. The van der Waals surface area contributed by atoms with E-state index in [4.69, 9.17) is 5.10 Å². The number of carbonyl (C=O) groups excluding carboxylic acids is 1. The fourth-order valence-corrected chi connectivity index (χ4v) is 6.78. The third kappa shape index (κ3) is 5.46. The first-order valence-electron chi connectivity index (χ1n) is 15.0. The molecule has 1 aliphatic rings. The summed E-state index contributed by atoms with van der Waals surface area (Å²) in [6.45, 7) is 3.72. The van der Waals surface area contributed by atoms with Gasteiger partial charge in [-0.05, 0) is 61.7 Å². The molecule has 6 aromatic rings. The number of fused-ring (bicyclic) bond motifs is 3. The summed E-state index contributed by atoms with van der Waals surface area (Å²) in [5, 5.41) is 4.73. The predicted molar refractivity (Wildman–Crippen MR) is 175 cm³/mol. The van der Waals surface area contributed by atoms with Gasteiger partial charge in [0.15, 0.2) is 0 Å². The van der Waals surface area contributed by atoms with E-state index in [1.165, 1.54) is 17.0 Å². The van der Waals surface area contributed by atoms with Crippen molar-refractivity contribution in [3.63, 3.8) is 0 Å². The van der Waals surface area contributed by atoms with Crippen molar-refractivity contribution in [3.05, 3.63) is 139 Å². The van der Waals surface area contributed by atoms with Crippen molar-refractivity contribution in [1.82, 2.24) is 29.0 Å². The topological polar surface area (TPSA) is 88.3 Å². The lowest BCUT2D eigenvalue weighted by atomic mass is 9.97. The molecule has 8 nitrogen and oxygen atoms in total. The van der Waals surface area contributed by atoms with Gasteiger partial charge in [-0.2, -0.15) is 18.3 Å². The molecule has 0 radical (unpaired) electrons. The summed E-state index contributed by atoms with van der Waals surface area (Å²) in [4.78, 5) is 37.1. The summed E-state index contributed by atoms with van der Waals surface area (Å²) in [6, 6.07) is 20.5. The summed E-state index contributed by atoms with van der Waals surface area (Å²) in [5.41, 5.74) is 5.53. The van der Waals surface area contributed by atoms with E-state index in [1.54, 1.807) is 28.5 Å². The minimum Gasteiger partial charge on any atom is -0.344 e. The maximum absolute atomic E-state index is 14.5. The summed E-state index contributed by atoms with van der Waals surface area (Å²) >= 11 is 2.95. The average molecular weight is 702 g/mol. The van der Waals surface area contributed by atoms with E-state index < -0.39 is 23.7 Å². The van der Waals surface area contributed by atoms with Gasteiger partial charge in [-0.25, -0.2) is 9.50 Å². The largest absolute Gasteiger partial charge is 0.417 e. The van der Waals surface area contributed by atoms with Crippen LogP contribution in [0.5, 0.6) is 0 Å². The van der Waals surface area contributed by atoms with E-state index in [2.05, 4.69) is 25.9 Å². The summed E-state index contributed by atoms with van der Waals surface area (Å²) in [7, 11) is 0. The molecule has 238 valence electrons. The molecule has 1 atom stereocenters. The molecule has 7 rings (SSSR count). The van der Waals surface area contributed by atoms with E-state index in [1.807, 2.05) is 61.5 Å². The fourth-order valence-electron chi connectivity index (χ4n) is 6.31. The van der Waals surface area contributed by atoms with Crippen LogP contribution in [0.3, 0.4) is 0 Å². The highest BCUT2D eigenvalue weighted by atomic mass is 79.9. The molecule has 3 aromatic carbocycles. The van der Waals surface area contributed by atoms with Gasteiger partial charge in [0.25, 0.3) is 11.5 Å². The minimum absolute atomic E-state index is 0.00379. The van der Waals surface area contributed by atoms with Gasteiger partial charge in [0.05, 0.1) is 47.4 Å². The maximum atomic E-state index is 14.5. The molecule has 12 heteroatoms. The third-order valence-corrected chi connectivity index (χ3v) is 9.40. The summed E-state index contributed by atoms with van der Waals surface area (Å²) in [6.07, 6.45) is -0.551. The number of benzene rings is 3. The van der Waals surface area contributed by atoms with Crippen molar-refractivity contribution < 1.29 is 18.0 Å². The van der Waals surface area contributed by atoms with E-state index in [0.29, 0.717) is 29.0 Å². The smallest absolute Gasteiger partial charge is 0.344 e. The lowest BCUT2D eigenvalue weighted by Crippen LogP contribution is -2.46. The van der Waals surface area contributed by atoms with Gasteiger partial charge in [0.1, 0.15) is 5.65 Å². The van der Waals surface area contributed by atoms with Gasteiger partial charge in [-0.3, -0.25) is 14.2 Å². The SMILES string of the molecule is Cc1nc[nH]c1-c1ccc(-n2c(=O)c3c(n4ncc(Cc5ccccc5)c24)CN(C(=O)c2ccc(Br)c(C(F)(F)F)c2)[C@H](C)C3)cc1. The van der Waals surface area contributed by atoms with Crippen molar-refractivity contribution in [2.45, 2.75) is 45.5 Å². The summed E-state index contributed by atoms with van der Waals surface area (Å²) < 4.78 is 44.2. The monoisotopic (exact) mass is 700 g/mol. The van der Waals surface area contributed by atoms with Crippen molar-refractivity contribution in [1.29, 1.82) is 0 Å². The van der Waals surface area contributed by atoms with Crippen molar-refractivity contribution in [2.75, 3.05) is 0 Å². The third-order valence-electron chi connectivity index (χ3n) is 8.71. The number of hydrogen-bond acceptors (Lipinski definition) is 4. The Morgan fingerprint density at radius 3 is 2.49 bits per heavy atom. The van der Waals surface area contributed by atoms with Crippen molar-refractivity contribution in [3.8, 4) is 16.9 Å². The van der Waals surface area contributed by atoms with E-state index in [9.17, 15) is 22.8 Å². The molecule has 47 heavy (non-hydrogen) atoms. The highest BCUT2D eigenvalue weighted by Crippen LogP contribution is 2.36. The molecule has 0 saturated carbocycles. The van der Waals surface area contributed by atoms with Gasteiger partial charge in [0.2, 0.25) is 0 Å². The molecule has 0 unspecified atom stereocenters. The second kappa shape index (κ2) is 11.7. The van der Waals surface area contributed by atoms with Gasteiger partial charge in [0, 0.05) is 33.6 Å². The number of imidazole rings is 1. The predicted octanol–water partition coefficient (Wildman–Crippen LogP) is 7.14. The fraction of sp³-hybridized carbons (Fsp3) is 0.200. The highest BCUT2D eigenvalue weighted by molar-refractivity contribution is 9.10. The van der Waals surface area contributed by atoms with Gasteiger partial charge in [-0.1, -0.05) is 58.4 Å². The molecule has 0 saturated heterocycles. The Hall–Kier alpha value is -4.97. The Kier molecular flexibility index (Phi) is 7.62. The zero-order valence-corrected chi connectivity index (χ0v) is 26.9. The minimum atomic E-state index is -4.63. The Balaban J connectivity index is 1.36. The number of rotatable bonds is 5. The number of aromatic amines is 1. The Morgan fingerprint density at radius 1 is 1.06 bits per heavy atom. The van der Waals surface area contributed by atoms with E-state index in [-0.39, 0.29) is 28.6 Å². The first-order valence-corrected chi connectivity index (χ1v) is 15.8. The molecule has 4 heterocycles. The number of halogens is 4. The van der Waals surface area contributed by atoms with E-state index >= 15 is 0 Å². The van der Waals surface area contributed by atoms with E-state index in [0.717, 1.165) is 34.1 Å². The van der Waals surface area contributed by atoms with Gasteiger partial charge in [-0.15, -0.1) is 0 Å². The Bertz CT molecular complexity index is 2200. The number of aryl methyl sites for hydroxylation is 1. The normalized spacial score (nSPS) is 14.9. The molecular weight excluding hydrogens is 673 g/mol.